The molecule has 0 saturated heterocycles. The second-order valence-electron chi connectivity index (χ2n) is 8.24. The number of aliphatic hydroxyl groups excluding tert-OH is 1. The molecule has 7 heteroatoms. The summed E-state index contributed by atoms with van der Waals surface area (Å²) in [5, 5.41) is 11.0. The van der Waals surface area contributed by atoms with Crippen LogP contribution in [0.3, 0.4) is 0 Å². The van der Waals surface area contributed by atoms with Crippen molar-refractivity contribution in [1.29, 1.82) is 0 Å². The Kier molecular flexibility index (Phi) is 8.00. The molecule has 0 aliphatic heterocycles. The highest BCUT2D eigenvalue weighted by Crippen LogP contribution is 2.39. The molecular formula is C28H29NO6. The highest BCUT2D eigenvalue weighted by atomic mass is 16.6. The molecule has 0 radical (unpaired) electrons. The number of carbonyl (C=O) groups excluding carboxylic acids is 2. The highest BCUT2D eigenvalue weighted by Gasteiger charge is 2.32. The maximum absolute atomic E-state index is 13.2. The van der Waals surface area contributed by atoms with E-state index in [4.69, 9.17) is 14.2 Å². The van der Waals surface area contributed by atoms with Crippen LogP contribution in [-0.4, -0.2) is 37.0 Å². The van der Waals surface area contributed by atoms with Gasteiger partial charge in [-0.3, -0.25) is 0 Å². The molecule has 35 heavy (non-hydrogen) atoms. The number of fused-ring (bicyclic) bond motifs is 1. The standard InChI is InChI=1S/C28H29NO6/c1-2-33-26(30)19-34-25-15-9-14-24-23(25)17-16-20(27(24)31)18-35-28(32)29(21-10-5-3-6-11-21)22-12-7-4-8-13-22/h3-15,20,27,31H,2,16-19H2,1H3/t20-,27-/m0/s1. The van der Waals surface area contributed by atoms with Crippen molar-refractivity contribution in [2.45, 2.75) is 25.9 Å². The molecule has 0 fully saturated rings. The lowest BCUT2D eigenvalue weighted by Crippen LogP contribution is -2.31. The lowest BCUT2D eigenvalue weighted by Gasteiger charge is -2.31. The fourth-order valence-corrected chi connectivity index (χ4v) is 4.27. The van der Waals surface area contributed by atoms with Gasteiger partial charge in [-0.1, -0.05) is 48.5 Å². The summed E-state index contributed by atoms with van der Waals surface area (Å²) in [6.07, 6.45) is -0.0847. The Labute approximate surface area is 204 Å². The van der Waals surface area contributed by atoms with E-state index in [-0.39, 0.29) is 19.1 Å². The van der Waals surface area contributed by atoms with E-state index in [0.29, 0.717) is 36.6 Å². The number of hydrogen-bond donors (Lipinski definition) is 1. The average Bonchev–Trinajstić information content (AvgIpc) is 2.89. The first-order valence-corrected chi connectivity index (χ1v) is 11.7. The molecule has 182 valence electrons. The van der Waals surface area contributed by atoms with Crippen LogP contribution in [0.15, 0.2) is 78.9 Å². The number of carbonyl (C=O) groups is 2. The Bertz CT molecular complexity index is 1100. The van der Waals surface area contributed by atoms with E-state index >= 15 is 0 Å². The van der Waals surface area contributed by atoms with Crippen molar-refractivity contribution in [2.24, 2.45) is 5.92 Å². The average molecular weight is 476 g/mol. The molecule has 7 nitrogen and oxygen atoms in total. The summed E-state index contributed by atoms with van der Waals surface area (Å²) in [7, 11) is 0. The van der Waals surface area contributed by atoms with Crippen molar-refractivity contribution in [3.8, 4) is 5.75 Å². The van der Waals surface area contributed by atoms with Crippen molar-refractivity contribution < 1.29 is 28.9 Å². The third kappa shape index (κ3) is 5.81. The zero-order valence-electron chi connectivity index (χ0n) is 19.6. The maximum Gasteiger partial charge on any atom is 0.418 e. The fraction of sp³-hybridized carbons (Fsp3) is 0.286. The first-order chi connectivity index (χ1) is 17.1. The molecule has 0 aromatic heterocycles. The van der Waals surface area contributed by atoms with Crippen LogP contribution < -0.4 is 9.64 Å². The van der Waals surface area contributed by atoms with Crippen LogP contribution in [0, 0.1) is 5.92 Å². The van der Waals surface area contributed by atoms with E-state index < -0.39 is 18.2 Å². The van der Waals surface area contributed by atoms with Gasteiger partial charge in [-0.05, 0) is 61.2 Å². The number of nitrogens with zero attached hydrogens (tertiary/aromatic N) is 1. The fourth-order valence-electron chi connectivity index (χ4n) is 4.27. The van der Waals surface area contributed by atoms with Crippen LogP contribution in [0.4, 0.5) is 16.2 Å². The summed E-state index contributed by atoms with van der Waals surface area (Å²) in [5.41, 5.74) is 2.98. The predicted octanol–water partition coefficient (Wildman–Crippen LogP) is 5.20. The van der Waals surface area contributed by atoms with Gasteiger partial charge in [0.05, 0.1) is 30.7 Å². The topological polar surface area (TPSA) is 85.3 Å². The Morgan fingerprint density at radius 3 is 2.20 bits per heavy atom. The number of para-hydroxylation sites is 2. The number of rotatable bonds is 8. The smallest absolute Gasteiger partial charge is 0.418 e. The number of hydrogen-bond acceptors (Lipinski definition) is 6. The lowest BCUT2D eigenvalue weighted by molar-refractivity contribution is -0.145. The van der Waals surface area contributed by atoms with Gasteiger partial charge in [-0.15, -0.1) is 0 Å². The molecule has 3 aromatic rings. The van der Waals surface area contributed by atoms with Gasteiger partial charge >= 0.3 is 12.1 Å². The zero-order chi connectivity index (χ0) is 24.6. The first kappa shape index (κ1) is 24.3. The molecule has 0 spiro atoms. The van der Waals surface area contributed by atoms with Gasteiger partial charge in [0.15, 0.2) is 6.61 Å². The number of anilines is 2. The second kappa shape index (κ2) is 11.5. The van der Waals surface area contributed by atoms with Crippen LogP contribution in [-0.2, 0) is 20.7 Å². The SMILES string of the molecule is CCOC(=O)COc1cccc2c1CC[C@@H](COC(=O)N(c1ccccc1)c1ccccc1)[C@@H]2O. The molecule has 2 atom stereocenters. The van der Waals surface area contributed by atoms with Crippen LogP contribution in [0.5, 0.6) is 5.75 Å². The molecule has 3 aromatic carbocycles. The Morgan fingerprint density at radius 1 is 0.914 bits per heavy atom. The van der Waals surface area contributed by atoms with Crippen molar-refractivity contribution >= 4 is 23.4 Å². The highest BCUT2D eigenvalue weighted by molar-refractivity contribution is 5.95. The van der Waals surface area contributed by atoms with Crippen LogP contribution in [0.25, 0.3) is 0 Å². The normalized spacial score (nSPS) is 16.6. The lowest BCUT2D eigenvalue weighted by atomic mass is 9.81. The Balaban J connectivity index is 1.44. The van der Waals surface area contributed by atoms with Gasteiger partial charge in [0.2, 0.25) is 0 Å². The minimum Gasteiger partial charge on any atom is -0.482 e. The monoisotopic (exact) mass is 475 g/mol. The minimum absolute atomic E-state index is 0.0729. The number of benzene rings is 3. The molecule has 1 N–H and O–H groups in total. The van der Waals surface area contributed by atoms with Crippen LogP contribution in [0.2, 0.25) is 0 Å². The Morgan fingerprint density at radius 2 is 1.57 bits per heavy atom. The molecule has 1 aliphatic rings. The quantitative estimate of drug-likeness (QED) is 0.451. The Hall–Kier alpha value is -3.84. The predicted molar refractivity (Wildman–Crippen MR) is 132 cm³/mol. The minimum atomic E-state index is -0.820. The van der Waals surface area contributed by atoms with E-state index in [9.17, 15) is 14.7 Å². The summed E-state index contributed by atoms with van der Waals surface area (Å²) in [6, 6.07) is 24.0. The van der Waals surface area contributed by atoms with Gasteiger partial charge in [-0.25, -0.2) is 14.5 Å². The summed E-state index contributed by atoms with van der Waals surface area (Å²) in [6.45, 7) is 1.92. The second-order valence-corrected chi connectivity index (χ2v) is 8.24. The van der Waals surface area contributed by atoms with E-state index in [1.807, 2.05) is 66.7 Å². The van der Waals surface area contributed by atoms with E-state index in [0.717, 1.165) is 11.1 Å². The molecule has 0 saturated carbocycles. The molecule has 1 aliphatic carbocycles. The maximum atomic E-state index is 13.2. The third-order valence-corrected chi connectivity index (χ3v) is 5.98. The first-order valence-electron chi connectivity index (χ1n) is 11.7. The van der Waals surface area contributed by atoms with E-state index in [2.05, 4.69) is 0 Å². The molecule has 1 amide bonds. The van der Waals surface area contributed by atoms with Crippen molar-refractivity contribution in [1.82, 2.24) is 0 Å². The number of esters is 1. The van der Waals surface area contributed by atoms with Gasteiger partial charge in [0.25, 0.3) is 0 Å². The van der Waals surface area contributed by atoms with E-state index in [1.54, 1.807) is 19.1 Å². The van der Waals surface area contributed by atoms with Gasteiger partial charge in [0, 0.05) is 5.92 Å². The van der Waals surface area contributed by atoms with Crippen molar-refractivity contribution in [3.05, 3.63) is 90.0 Å². The van der Waals surface area contributed by atoms with Crippen LogP contribution in [0.1, 0.15) is 30.6 Å². The summed E-state index contributed by atoms with van der Waals surface area (Å²) in [4.78, 5) is 26.3. The van der Waals surface area contributed by atoms with Crippen molar-refractivity contribution in [2.75, 3.05) is 24.7 Å². The van der Waals surface area contributed by atoms with Crippen molar-refractivity contribution in [3.63, 3.8) is 0 Å². The largest absolute Gasteiger partial charge is 0.482 e. The molecular weight excluding hydrogens is 446 g/mol. The molecule has 0 heterocycles. The molecule has 4 rings (SSSR count). The molecule has 0 bridgehead atoms. The molecule has 0 unspecified atom stereocenters. The number of ether oxygens (including phenoxy) is 3. The van der Waals surface area contributed by atoms with Crippen LogP contribution >= 0.6 is 0 Å². The van der Waals surface area contributed by atoms with Gasteiger partial charge < -0.3 is 19.3 Å². The number of aliphatic hydroxyl groups is 1. The summed E-state index contributed by atoms with van der Waals surface area (Å²) < 4.78 is 16.3. The van der Waals surface area contributed by atoms with Gasteiger partial charge in [-0.2, -0.15) is 0 Å². The third-order valence-electron chi connectivity index (χ3n) is 5.98. The van der Waals surface area contributed by atoms with Gasteiger partial charge in [0.1, 0.15) is 5.75 Å². The summed E-state index contributed by atoms with van der Waals surface area (Å²) in [5.74, 6) is -0.142. The van der Waals surface area contributed by atoms with E-state index in [1.165, 1.54) is 4.90 Å². The zero-order valence-corrected chi connectivity index (χ0v) is 19.6. The summed E-state index contributed by atoms with van der Waals surface area (Å²) >= 11 is 0. The number of amides is 1.